The molecule has 0 heterocycles. The molecular weight excluding hydrogens is 244 g/mol. The average molecular weight is 262 g/mol. The minimum atomic E-state index is -0.888. The lowest BCUT2D eigenvalue weighted by Gasteiger charge is -2.27. The summed E-state index contributed by atoms with van der Waals surface area (Å²) in [5.74, 6) is -1.48. The Labute approximate surface area is 112 Å². The number of carbonyl (C=O) groups excluding carboxylic acids is 1. The van der Waals surface area contributed by atoms with Gasteiger partial charge in [0.25, 0.3) is 0 Å². The minimum Gasteiger partial charge on any atom is -0.481 e. The zero-order valence-electron chi connectivity index (χ0n) is 10.7. The summed E-state index contributed by atoms with van der Waals surface area (Å²) in [7, 11) is 0. The largest absolute Gasteiger partial charge is 0.481 e. The zero-order chi connectivity index (χ0) is 13.7. The third-order valence-corrected chi connectivity index (χ3v) is 3.57. The lowest BCUT2D eigenvalue weighted by molar-refractivity contribution is -0.149. The monoisotopic (exact) mass is 262 g/mol. The third-order valence-electron chi connectivity index (χ3n) is 3.57. The van der Waals surface area contributed by atoms with E-state index in [1.54, 1.807) is 0 Å². The number of ether oxygens (including phenoxy) is 1. The molecule has 0 amide bonds. The highest BCUT2D eigenvalue weighted by Gasteiger charge is 2.34. The first-order chi connectivity index (χ1) is 9.16. The Morgan fingerprint density at radius 3 is 2.74 bits per heavy atom. The van der Waals surface area contributed by atoms with Gasteiger partial charge in [0.15, 0.2) is 0 Å². The van der Waals surface area contributed by atoms with Crippen molar-refractivity contribution in [3.8, 4) is 0 Å². The fourth-order valence-electron chi connectivity index (χ4n) is 2.45. The second kappa shape index (κ2) is 6.48. The summed E-state index contributed by atoms with van der Waals surface area (Å²) >= 11 is 0. The molecule has 0 radical (unpaired) electrons. The van der Waals surface area contributed by atoms with Crippen LogP contribution in [-0.4, -0.2) is 23.5 Å². The van der Waals surface area contributed by atoms with Crippen LogP contribution in [-0.2, 0) is 20.9 Å². The van der Waals surface area contributed by atoms with Crippen LogP contribution in [0.25, 0.3) is 0 Å². The fourth-order valence-corrected chi connectivity index (χ4v) is 2.45. The molecule has 2 atom stereocenters. The predicted octanol–water partition coefficient (Wildman–Crippen LogP) is 2.27. The number of rotatable bonds is 5. The molecule has 2 rings (SSSR count). The average Bonchev–Trinajstić information content (AvgIpc) is 2.41. The van der Waals surface area contributed by atoms with Gasteiger partial charge in [-0.3, -0.25) is 9.59 Å². The van der Waals surface area contributed by atoms with Gasteiger partial charge in [0.1, 0.15) is 5.78 Å². The standard InChI is InChI=1S/C15H18O4/c16-13-7-6-12(14(8-13)15(17)18)10-19-9-11-4-2-1-3-5-11/h1-5,12,14H,6-10H2,(H,17,18). The molecule has 4 heteroatoms. The molecule has 0 saturated heterocycles. The molecule has 2 unspecified atom stereocenters. The van der Waals surface area contributed by atoms with Gasteiger partial charge in [-0.2, -0.15) is 0 Å². The van der Waals surface area contributed by atoms with Gasteiger partial charge in [0.2, 0.25) is 0 Å². The Balaban J connectivity index is 1.84. The van der Waals surface area contributed by atoms with Crippen molar-refractivity contribution in [1.82, 2.24) is 0 Å². The van der Waals surface area contributed by atoms with Crippen molar-refractivity contribution >= 4 is 11.8 Å². The van der Waals surface area contributed by atoms with E-state index >= 15 is 0 Å². The van der Waals surface area contributed by atoms with Crippen LogP contribution in [0.3, 0.4) is 0 Å². The van der Waals surface area contributed by atoms with E-state index in [0.717, 1.165) is 5.56 Å². The SMILES string of the molecule is O=C1CCC(COCc2ccccc2)C(C(=O)O)C1. The summed E-state index contributed by atoms with van der Waals surface area (Å²) in [4.78, 5) is 22.5. The van der Waals surface area contributed by atoms with E-state index in [4.69, 9.17) is 9.84 Å². The molecule has 102 valence electrons. The number of benzene rings is 1. The summed E-state index contributed by atoms with van der Waals surface area (Å²) in [5, 5.41) is 9.14. The maximum absolute atomic E-state index is 11.3. The molecule has 0 spiro atoms. The lowest BCUT2D eigenvalue weighted by Crippen LogP contribution is -2.33. The van der Waals surface area contributed by atoms with Crippen molar-refractivity contribution in [2.45, 2.75) is 25.9 Å². The third kappa shape index (κ3) is 3.89. The molecule has 1 aliphatic rings. The Morgan fingerprint density at radius 2 is 2.05 bits per heavy atom. The molecule has 0 bridgehead atoms. The summed E-state index contributed by atoms with van der Waals surface area (Å²) in [6.07, 6.45) is 1.24. The number of hydrogen-bond donors (Lipinski definition) is 1. The second-order valence-corrected chi connectivity index (χ2v) is 4.99. The van der Waals surface area contributed by atoms with E-state index in [1.165, 1.54) is 0 Å². The molecule has 1 aliphatic carbocycles. The number of ketones is 1. The van der Waals surface area contributed by atoms with Crippen LogP contribution in [0, 0.1) is 11.8 Å². The highest BCUT2D eigenvalue weighted by Crippen LogP contribution is 2.28. The Morgan fingerprint density at radius 1 is 1.32 bits per heavy atom. The van der Waals surface area contributed by atoms with E-state index in [1.807, 2.05) is 30.3 Å². The van der Waals surface area contributed by atoms with Crippen LogP contribution in [0.2, 0.25) is 0 Å². The molecule has 1 N–H and O–H groups in total. The quantitative estimate of drug-likeness (QED) is 0.884. The van der Waals surface area contributed by atoms with Crippen molar-refractivity contribution in [1.29, 1.82) is 0 Å². The summed E-state index contributed by atoms with van der Waals surface area (Å²) in [5.41, 5.74) is 1.07. The highest BCUT2D eigenvalue weighted by atomic mass is 16.5. The first kappa shape index (κ1) is 13.7. The van der Waals surface area contributed by atoms with Crippen LogP contribution in [0.4, 0.5) is 0 Å². The molecule has 4 nitrogen and oxygen atoms in total. The second-order valence-electron chi connectivity index (χ2n) is 4.99. The van der Waals surface area contributed by atoms with Crippen LogP contribution < -0.4 is 0 Å². The van der Waals surface area contributed by atoms with Gasteiger partial charge in [-0.15, -0.1) is 0 Å². The summed E-state index contributed by atoms with van der Waals surface area (Å²) in [6, 6.07) is 9.77. The lowest BCUT2D eigenvalue weighted by atomic mass is 9.79. The topological polar surface area (TPSA) is 63.6 Å². The van der Waals surface area contributed by atoms with Crippen LogP contribution in [0.1, 0.15) is 24.8 Å². The molecular formula is C15H18O4. The number of hydrogen-bond acceptors (Lipinski definition) is 3. The molecule has 1 aromatic carbocycles. The molecule has 0 aromatic heterocycles. The minimum absolute atomic E-state index is 0.0479. The molecule has 1 fully saturated rings. The van der Waals surface area contributed by atoms with Crippen molar-refractivity contribution in [2.75, 3.05) is 6.61 Å². The first-order valence-corrected chi connectivity index (χ1v) is 6.53. The molecule has 0 aliphatic heterocycles. The smallest absolute Gasteiger partial charge is 0.307 e. The Kier molecular flexibility index (Phi) is 4.68. The number of Topliss-reactive ketones (excluding diaryl/α,β-unsaturated/α-hetero) is 1. The van der Waals surface area contributed by atoms with Crippen LogP contribution in [0.5, 0.6) is 0 Å². The van der Waals surface area contributed by atoms with Crippen molar-refractivity contribution < 1.29 is 19.4 Å². The maximum atomic E-state index is 11.3. The van der Waals surface area contributed by atoms with Gasteiger partial charge in [0.05, 0.1) is 19.1 Å². The van der Waals surface area contributed by atoms with Gasteiger partial charge in [-0.25, -0.2) is 0 Å². The van der Waals surface area contributed by atoms with E-state index in [2.05, 4.69) is 0 Å². The van der Waals surface area contributed by atoms with E-state index in [-0.39, 0.29) is 18.1 Å². The zero-order valence-corrected chi connectivity index (χ0v) is 10.7. The van der Waals surface area contributed by atoms with Gasteiger partial charge >= 0.3 is 5.97 Å². The molecule has 19 heavy (non-hydrogen) atoms. The number of carboxylic acids is 1. The van der Waals surface area contributed by atoms with Gasteiger partial charge in [-0.1, -0.05) is 30.3 Å². The Hall–Kier alpha value is -1.68. The summed E-state index contributed by atoms with van der Waals surface area (Å²) < 4.78 is 5.60. The van der Waals surface area contributed by atoms with Crippen molar-refractivity contribution in [2.24, 2.45) is 11.8 Å². The van der Waals surface area contributed by atoms with E-state index in [9.17, 15) is 9.59 Å². The first-order valence-electron chi connectivity index (χ1n) is 6.53. The number of carbonyl (C=O) groups is 2. The molecule has 1 saturated carbocycles. The normalized spacial score (nSPS) is 23.3. The highest BCUT2D eigenvalue weighted by molar-refractivity contribution is 5.85. The van der Waals surface area contributed by atoms with Gasteiger partial charge < -0.3 is 9.84 Å². The van der Waals surface area contributed by atoms with E-state index in [0.29, 0.717) is 26.1 Å². The van der Waals surface area contributed by atoms with Crippen LogP contribution >= 0.6 is 0 Å². The predicted molar refractivity (Wildman–Crippen MR) is 69.6 cm³/mol. The van der Waals surface area contributed by atoms with Crippen molar-refractivity contribution in [3.63, 3.8) is 0 Å². The summed E-state index contributed by atoms with van der Waals surface area (Å²) in [6.45, 7) is 0.886. The van der Waals surface area contributed by atoms with Gasteiger partial charge in [0, 0.05) is 12.8 Å². The van der Waals surface area contributed by atoms with Crippen LogP contribution in [0.15, 0.2) is 30.3 Å². The van der Waals surface area contributed by atoms with E-state index < -0.39 is 11.9 Å². The number of aliphatic carboxylic acids is 1. The van der Waals surface area contributed by atoms with Gasteiger partial charge in [-0.05, 0) is 17.9 Å². The molecule has 1 aromatic rings. The van der Waals surface area contributed by atoms with Crippen molar-refractivity contribution in [3.05, 3.63) is 35.9 Å². The number of carboxylic acid groups (broad SMARTS) is 1. The maximum Gasteiger partial charge on any atom is 0.307 e. The fraction of sp³-hybridized carbons (Fsp3) is 0.467. The Bertz CT molecular complexity index is 441.